The number of benzene rings is 5. The van der Waals surface area contributed by atoms with Crippen molar-refractivity contribution in [3.05, 3.63) is 89.3 Å². The molecule has 0 amide bonds. The molecule has 71 heavy (non-hydrogen) atoms. The minimum Gasteiger partial charge on any atom is -0.870 e. The van der Waals surface area contributed by atoms with E-state index in [-0.39, 0.29) is 159 Å². The van der Waals surface area contributed by atoms with Crippen molar-refractivity contribution in [2.75, 3.05) is 12.4 Å². The van der Waals surface area contributed by atoms with Gasteiger partial charge in [0.25, 0.3) is 10.4 Å². The van der Waals surface area contributed by atoms with Crippen LogP contribution in [0.1, 0.15) is 0 Å². The predicted molar refractivity (Wildman–Crippen MR) is 212 cm³/mol. The number of aromatic amines is 2. The molecule has 0 aliphatic heterocycles. The molecular formula is C31H19ClN7Na5O21S6. The van der Waals surface area contributed by atoms with E-state index in [1.54, 1.807) is 0 Å². The van der Waals surface area contributed by atoms with Crippen molar-refractivity contribution < 1.29 is 239 Å². The van der Waals surface area contributed by atoms with E-state index < -0.39 is 155 Å². The summed E-state index contributed by atoms with van der Waals surface area (Å²) in [6.07, 6.45) is 0. The molecule has 0 saturated heterocycles. The Kier molecular flexibility index (Phi) is 25.2. The molecule has 0 bridgehead atoms. The van der Waals surface area contributed by atoms with Gasteiger partial charge in [0.1, 0.15) is 31.7 Å². The Balaban J connectivity index is 0.00000504. The molecule has 0 unspecified atom stereocenters. The van der Waals surface area contributed by atoms with E-state index in [1.165, 1.54) is 12.1 Å². The molecule has 0 radical (unpaired) electrons. The first-order chi connectivity index (χ1) is 30.4. The first kappa shape index (κ1) is 68.0. The van der Waals surface area contributed by atoms with Crippen LogP contribution in [0.4, 0.5) is 22.7 Å². The van der Waals surface area contributed by atoms with Crippen LogP contribution in [0.15, 0.2) is 108 Å². The number of azo groups is 1. The molecule has 0 fully saturated rings. The van der Waals surface area contributed by atoms with Crippen LogP contribution < -0.4 is 172 Å². The van der Waals surface area contributed by atoms with Gasteiger partial charge in [-0.1, -0.05) is 23.9 Å². The van der Waals surface area contributed by atoms with Crippen LogP contribution in [0, 0.1) is 0 Å². The molecule has 352 valence electrons. The van der Waals surface area contributed by atoms with Crippen LogP contribution in [0.2, 0.25) is 5.28 Å². The molecule has 0 aliphatic rings. The van der Waals surface area contributed by atoms with Gasteiger partial charge in [0.05, 0.1) is 44.1 Å². The Morgan fingerprint density at radius 3 is 1.90 bits per heavy atom. The normalized spacial score (nSPS) is 12.8. The van der Waals surface area contributed by atoms with Gasteiger partial charge < -0.3 is 36.7 Å². The third-order valence-electron chi connectivity index (χ3n) is 8.11. The molecular weight excluding hydrogens is 1150 g/mol. The van der Waals surface area contributed by atoms with E-state index in [0.717, 1.165) is 42.5 Å². The molecule has 40 heteroatoms. The van der Waals surface area contributed by atoms with Gasteiger partial charge in [-0.3, -0.25) is 13.7 Å². The van der Waals surface area contributed by atoms with E-state index in [0.29, 0.717) is 18.2 Å². The van der Waals surface area contributed by atoms with Gasteiger partial charge in [-0.2, -0.15) is 13.4 Å². The third kappa shape index (κ3) is 18.6. The van der Waals surface area contributed by atoms with Gasteiger partial charge in [-0.15, -0.1) is 10.2 Å². The molecule has 5 aromatic carbocycles. The van der Waals surface area contributed by atoms with Crippen molar-refractivity contribution in [2.24, 2.45) is 20.2 Å². The minimum absolute atomic E-state index is 0. The Morgan fingerprint density at radius 1 is 0.662 bits per heavy atom. The molecule has 6 aromatic rings. The second-order valence-corrected chi connectivity index (χ2v) is 20.8. The zero-order chi connectivity index (χ0) is 48.8. The number of nitrogens with one attached hydrogen (secondary N) is 2. The summed E-state index contributed by atoms with van der Waals surface area (Å²) in [5, 5.41) is 18.6. The number of nitrogens with zero attached hydrogens (tertiary/aromatic N) is 5. The fraction of sp³-hybridized carbons (Fsp3) is 0.0645. The average molecular weight is 1170 g/mol. The summed E-state index contributed by atoms with van der Waals surface area (Å²) in [5.74, 6) is -4.16. The van der Waals surface area contributed by atoms with E-state index in [4.69, 9.17) is 11.6 Å². The first-order valence-corrected chi connectivity index (χ1v) is 25.7. The third-order valence-corrected chi connectivity index (χ3v) is 12.8. The topological polar surface area (TPSA) is 462 Å². The van der Waals surface area contributed by atoms with E-state index in [1.807, 2.05) is 0 Å². The fourth-order valence-electron chi connectivity index (χ4n) is 5.63. The second kappa shape index (κ2) is 26.4. The van der Waals surface area contributed by atoms with Crippen molar-refractivity contribution in [3.63, 3.8) is 0 Å². The van der Waals surface area contributed by atoms with E-state index in [9.17, 15) is 78.4 Å². The minimum atomic E-state index is -5.80. The van der Waals surface area contributed by atoms with Gasteiger partial charge >= 0.3 is 158 Å². The second-order valence-electron chi connectivity index (χ2n) is 12.6. The number of sulfone groups is 1. The molecule has 6 rings (SSSR count). The van der Waals surface area contributed by atoms with Gasteiger partial charge in [0.15, 0.2) is 15.6 Å². The Hall–Kier alpha value is -1.02. The van der Waals surface area contributed by atoms with Crippen LogP contribution in [0.3, 0.4) is 0 Å². The van der Waals surface area contributed by atoms with Crippen LogP contribution in [0.5, 0.6) is 17.2 Å². The molecule has 0 saturated carbocycles. The van der Waals surface area contributed by atoms with Crippen molar-refractivity contribution in [1.29, 1.82) is 0 Å². The zero-order valence-corrected chi connectivity index (χ0v) is 52.2. The van der Waals surface area contributed by atoms with Crippen LogP contribution in [-0.4, -0.2) is 101 Å². The smallest absolute Gasteiger partial charge is 0.870 e. The number of halogens is 1. The standard InChI is InChI=1S/C31H24ClN7O21S6.5Na/c32-29-35-30(33-16-3-1-4-17(13-16)61(41,42)10-9-58-64(49,50)51)37-31(36-29)34-22-14-18(62(43,44)45)11-15-12-24(63(46,47)48)26(27(40)25(15)22)39-38-21-8-7-19-20(28(21)60-66(55,56)57)5-2-6-23(19)59-65(52,53)54;;;;;/h1-8,11-14,40H,9-10H2,(H,43,44,45)(H,46,47,48)(H,49,50,51)(H,52,53,54)(H,55,56,57)(H2,33,34,35,36,37);;;;;/q;5*+1/p-5. The maximum Gasteiger partial charge on any atom is 1.00 e. The van der Waals surface area contributed by atoms with E-state index >= 15 is 0 Å². The van der Waals surface area contributed by atoms with Crippen LogP contribution in [-0.2, 0) is 65.5 Å². The summed E-state index contributed by atoms with van der Waals surface area (Å²) in [5.41, 5.74) is -4.09. The van der Waals surface area contributed by atoms with E-state index in [2.05, 4.69) is 47.7 Å². The number of hydrogen-bond donors (Lipinski definition) is 3. The fourth-order valence-corrected chi connectivity index (χ4v) is 9.24. The Morgan fingerprint density at radius 2 is 1.31 bits per heavy atom. The largest absolute Gasteiger partial charge is 1.00 e. The molecule has 28 nitrogen and oxygen atoms in total. The number of H-pyrrole nitrogens is 2. The number of hydrogen-bond acceptors (Lipinski definition) is 25. The maximum atomic E-state index is 14.2. The Bertz CT molecular complexity index is 3910. The number of fused-ring (bicyclic) bond motifs is 2. The van der Waals surface area contributed by atoms with Gasteiger partial charge in [0, 0.05) is 16.2 Å². The number of rotatable bonds is 15. The molecule has 1 heterocycles. The van der Waals surface area contributed by atoms with Crippen LogP contribution in [0.25, 0.3) is 21.5 Å². The maximum absolute atomic E-state index is 14.2. The van der Waals surface area contributed by atoms with Crippen molar-refractivity contribution in [2.45, 2.75) is 14.7 Å². The van der Waals surface area contributed by atoms with Gasteiger partial charge in [-0.25, -0.2) is 52.1 Å². The number of aromatic nitrogens is 3. The monoisotopic (exact) mass is 1170 g/mol. The zero-order valence-electron chi connectivity index (χ0n) is 36.5. The summed E-state index contributed by atoms with van der Waals surface area (Å²) in [7, 11) is -31.6. The summed E-state index contributed by atoms with van der Waals surface area (Å²) in [6.45, 7) is -1.01. The molecule has 1 aromatic heterocycles. The predicted octanol–water partition coefficient (Wildman–Crippen LogP) is -14.2. The van der Waals surface area contributed by atoms with Crippen LogP contribution >= 0.6 is 11.6 Å². The van der Waals surface area contributed by atoms with Crippen molar-refractivity contribution >= 4 is 117 Å². The molecule has 0 aliphatic carbocycles. The summed E-state index contributed by atoms with van der Waals surface area (Å²) in [4.78, 5) is 13.8. The summed E-state index contributed by atoms with van der Waals surface area (Å²) >= 11 is 6.12. The molecule has 0 atom stereocenters. The molecule has 3 N–H and O–H groups in total. The Labute approximate surface area is 516 Å². The summed E-state index contributed by atoms with van der Waals surface area (Å²) in [6, 6.07) is 10.8. The quantitative estimate of drug-likeness (QED) is 0.0372. The van der Waals surface area contributed by atoms with Gasteiger partial charge in [-0.05, 0) is 71.6 Å². The summed E-state index contributed by atoms with van der Waals surface area (Å²) < 4.78 is 212. The van der Waals surface area contributed by atoms with Gasteiger partial charge in [0.2, 0.25) is 26.9 Å². The average Bonchev–Trinajstić information content (AvgIpc) is 3.15. The van der Waals surface area contributed by atoms with Crippen molar-refractivity contribution in [1.82, 2.24) is 15.0 Å². The van der Waals surface area contributed by atoms with Crippen molar-refractivity contribution in [3.8, 4) is 17.2 Å². The first-order valence-electron chi connectivity index (χ1n) is 16.8. The molecule has 0 spiro atoms. The SMILES string of the molecule is O=S(=O)([O-])OCCS(=O)(=O)c1cccc(N=c2nc(Cl)[nH]c(=Nc3cc(S(=O)(=O)[O-])cc4cc(S(=O)(=O)[O-])c(N=Nc5ccc6c(OS(=O)(=O)[O-])cccc6c5OS(=O)(=O)O)c([O-])c34)[nH]2)c1.[Na+].[Na+].[Na+].[Na+].[Na+].